The zero-order valence-corrected chi connectivity index (χ0v) is 15.3. The Kier molecular flexibility index (Phi) is 8.36. The number of amides is 1. The molecule has 0 aromatic heterocycles. The molecule has 0 unspecified atom stereocenters. The van der Waals surface area contributed by atoms with Gasteiger partial charge in [-0.15, -0.1) is 0 Å². The number of rotatable bonds is 10. The molecular weight excluding hydrogens is 372 g/mol. The van der Waals surface area contributed by atoms with Crippen LogP contribution in [0, 0.1) is 0 Å². The van der Waals surface area contributed by atoms with Crippen LogP contribution in [0.4, 0.5) is 8.78 Å². The van der Waals surface area contributed by atoms with Gasteiger partial charge in [-0.25, -0.2) is 4.79 Å². The Balaban J connectivity index is 1.71. The standard InChI is InChI=1S/C20H21F2NO5/c1-26-12-15-3-2-4-16(11-15)19(25)27-13-18(24)23-10-9-14-5-7-17(8-6-14)28-20(21)22/h2-8,11,20H,9-10,12-13H2,1H3,(H,23,24). The maximum atomic E-state index is 12.1. The van der Waals surface area contributed by atoms with Crippen LogP contribution >= 0.6 is 0 Å². The van der Waals surface area contributed by atoms with E-state index >= 15 is 0 Å². The minimum absolute atomic E-state index is 0.0734. The quantitative estimate of drug-likeness (QED) is 0.629. The van der Waals surface area contributed by atoms with Crippen molar-refractivity contribution in [3.63, 3.8) is 0 Å². The van der Waals surface area contributed by atoms with Crippen molar-refractivity contribution in [2.45, 2.75) is 19.6 Å². The molecule has 28 heavy (non-hydrogen) atoms. The molecule has 2 rings (SSSR count). The van der Waals surface area contributed by atoms with Gasteiger partial charge in [0.15, 0.2) is 6.61 Å². The summed E-state index contributed by atoms with van der Waals surface area (Å²) in [5.41, 5.74) is 2.01. The van der Waals surface area contributed by atoms with Crippen LogP contribution in [-0.4, -0.2) is 38.7 Å². The zero-order valence-electron chi connectivity index (χ0n) is 15.3. The van der Waals surface area contributed by atoms with Gasteiger partial charge in [0.05, 0.1) is 12.2 Å². The molecule has 0 fully saturated rings. The van der Waals surface area contributed by atoms with Gasteiger partial charge in [-0.1, -0.05) is 24.3 Å². The van der Waals surface area contributed by atoms with Gasteiger partial charge in [-0.3, -0.25) is 4.79 Å². The predicted octanol–water partition coefficient (Wildman–Crippen LogP) is 2.95. The number of carbonyl (C=O) groups is 2. The number of hydrogen-bond donors (Lipinski definition) is 1. The predicted molar refractivity (Wildman–Crippen MR) is 97.2 cm³/mol. The maximum absolute atomic E-state index is 12.1. The summed E-state index contributed by atoms with van der Waals surface area (Å²) < 4.78 is 38.5. The van der Waals surface area contributed by atoms with E-state index in [0.717, 1.165) is 11.1 Å². The Morgan fingerprint density at radius 2 is 1.82 bits per heavy atom. The molecule has 6 nitrogen and oxygen atoms in total. The van der Waals surface area contributed by atoms with Gasteiger partial charge in [0.25, 0.3) is 5.91 Å². The third kappa shape index (κ3) is 7.32. The van der Waals surface area contributed by atoms with Crippen molar-refractivity contribution in [3.8, 4) is 5.75 Å². The Morgan fingerprint density at radius 1 is 1.07 bits per heavy atom. The average molecular weight is 393 g/mol. The molecule has 0 aliphatic carbocycles. The van der Waals surface area contributed by atoms with Crippen molar-refractivity contribution < 1.29 is 32.6 Å². The van der Waals surface area contributed by atoms with Crippen molar-refractivity contribution in [2.75, 3.05) is 20.3 Å². The van der Waals surface area contributed by atoms with Crippen LogP contribution in [0.5, 0.6) is 5.75 Å². The van der Waals surface area contributed by atoms with E-state index in [1.165, 1.54) is 12.1 Å². The number of esters is 1. The Labute approximate surface area is 161 Å². The third-order valence-electron chi connectivity index (χ3n) is 3.69. The molecule has 0 aliphatic heterocycles. The highest BCUT2D eigenvalue weighted by Crippen LogP contribution is 2.15. The number of alkyl halides is 2. The lowest BCUT2D eigenvalue weighted by Gasteiger charge is -2.08. The molecule has 0 saturated carbocycles. The topological polar surface area (TPSA) is 73.9 Å². The second-order valence-corrected chi connectivity index (χ2v) is 5.83. The minimum Gasteiger partial charge on any atom is -0.452 e. The van der Waals surface area contributed by atoms with E-state index < -0.39 is 25.1 Å². The van der Waals surface area contributed by atoms with Crippen molar-refractivity contribution in [2.24, 2.45) is 0 Å². The molecule has 0 heterocycles. The minimum atomic E-state index is -2.87. The van der Waals surface area contributed by atoms with Crippen LogP contribution in [0.1, 0.15) is 21.5 Å². The fourth-order valence-electron chi connectivity index (χ4n) is 2.40. The monoisotopic (exact) mass is 393 g/mol. The molecule has 0 bridgehead atoms. The molecule has 2 aromatic carbocycles. The fraction of sp³-hybridized carbons (Fsp3) is 0.300. The highest BCUT2D eigenvalue weighted by Gasteiger charge is 2.11. The summed E-state index contributed by atoms with van der Waals surface area (Å²) in [5.74, 6) is -0.953. The van der Waals surface area contributed by atoms with E-state index in [9.17, 15) is 18.4 Å². The van der Waals surface area contributed by atoms with Crippen LogP contribution in [0.15, 0.2) is 48.5 Å². The number of nitrogens with one attached hydrogen (secondary N) is 1. The van der Waals surface area contributed by atoms with Crippen molar-refractivity contribution >= 4 is 11.9 Å². The van der Waals surface area contributed by atoms with Gasteiger partial charge in [-0.05, 0) is 41.8 Å². The highest BCUT2D eigenvalue weighted by atomic mass is 19.3. The summed E-state index contributed by atoms with van der Waals surface area (Å²) in [6.07, 6.45) is 0.494. The van der Waals surface area contributed by atoms with E-state index in [2.05, 4.69) is 10.1 Å². The lowest BCUT2D eigenvalue weighted by molar-refractivity contribution is -0.124. The Bertz CT molecular complexity index is 780. The fourth-order valence-corrected chi connectivity index (χ4v) is 2.40. The van der Waals surface area contributed by atoms with Crippen LogP contribution in [-0.2, 0) is 27.3 Å². The SMILES string of the molecule is COCc1cccc(C(=O)OCC(=O)NCCc2ccc(OC(F)F)cc2)c1. The first-order valence-corrected chi connectivity index (χ1v) is 8.53. The molecule has 150 valence electrons. The van der Waals surface area contributed by atoms with Gasteiger partial charge >= 0.3 is 12.6 Å². The highest BCUT2D eigenvalue weighted by molar-refractivity contribution is 5.91. The maximum Gasteiger partial charge on any atom is 0.387 e. The Hall–Kier alpha value is -3.00. The van der Waals surface area contributed by atoms with Crippen molar-refractivity contribution in [3.05, 3.63) is 65.2 Å². The smallest absolute Gasteiger partial charge is 0.387 e. The first kappa shape index (κ1) is 21.3. The average Bonchev–Trinajstić information content (AvgIpc) is 2.67. The van der Waals surface area contributed by atoms with Crippen LogP contribution in [0.2, 0.25) is 0 Å². The first-order chi connectivity index (χ1) is 13.5. The lowest BCUT2D eigenvalue weighted by Crippen LogP contribution is -2.30. The van der Waals surface area contributed by atoms with E-state index in [1.54, 1.807) is 37.4 Å². The summed E-state index contributed by atoms with van der Waals surface area (Å²) in [7, 11) is 1.56. The number of halogens is 2. The second-order valence-electron chi connectivity index (χ2n) is 5.83. The summed E-state index contributed by atoms with van der Waals surface area (Å²) >= 11 is 0. The molecule has 1 amide bonds. The lowest BCUT2D eigenvalue weighted by atomic mass is 10.1. The van der Waals surface area contributed by atoms with E-state index in [1.807, 2.05) is 6.07 Å². The number of hydrogen-bond acceptors (Lipinski definition) is 5. The molecule has 0 atom stereocenters. The van der Waals surface area contributed by atoms with Crippen molar-refractivity contribution in [1.82, 2.24) is 5.32 Å². The molecule has 0 spiro atoms. The number of ether oxygens (including phenoxy) is 3. The number of methoxy groups -OCH3 is 1. The second kappa shape index (κ2) is 11.0. The summed E-state index contributed by atoms with van der Waals surface area (Å²) in [6, 6.07) is 12.9. The molecule has 2 aromatic rings. The zero-order chi connectivity index (χ0) is 20.4. The molecular formula is C20H21F2NO5. The molecule has 0 aliphatic rings. The van der Waals surface area contributed by atoms with E-state index in [0.29, 0.717) is 25.1 Å². The first-order valence-electron chi connectivity index (χ1n) is 8.53. The van der Waals surface area contributed by atoms with Gasteiger partial charge in [0.1, 0.15) is 5.75 Å². The van der Waals surface area contributed by atoms with E-state index in [-0.39, 0.29) is 5.75 Å². The molecule has 8 heteroatoms. The van der Waals surface area contributed by atoms with Gasteiger partial charge < -0.3 is 19.5 Å². The molecule has 0 radical (unpaired) electrons. The van der Waals surface area contributed by atoms with Gasteiger partial charge in [0.2, 0.25) is 0 Å². The van der Waals surface area contributed by atoms with Crippen LogP contribution in [0.25, 0.3) is 0 Å². The summed E-state index contributed by atoms with van der Waals surface area (Å²) in [5, 5.41) is 2.63. The number of carbonyl (C=O) groups excluding carboxylic acids is 2. The van der Waals surface area contributed by atoms with Crippen molar-refractivity contribution in [1.29, 1.82) is 0 Å². The van der Waals surface area contributed by atoms with Gasteiger partial charge in [0, 0.05) is 13.7 Å². The van der Waals surface area contributed by atoms with Gasteiger partial charge in [-0.2, -0.15) is 8.78 Å². The summed E-state index contributed by atoms with van der Waals surface area (Å²) in [6.45, 7) is -2.57. The molecule has 1 N–H and O–H groups in total. The summed E-state index contributed by atoms with van der Waals surface area (Å²) in [4.78, 5) is 23.8. The largest absolute Gasteiger partial charge is 0.452 e. The molecule has 0 saturated heterocycles. The number of benzene rings is 2. The Morgan fingerprint density at radius 3 is 2.50 bits per heavy atom. The third-order valence-corrected chi connectivity index (χ3v) is 3.69. The van der Waals surface area contributed by atoms with Crippen LogP contribution < -0.4 is 10.1 Å². The van der Waals surface area contributed by atoms with Crippen LogP contribution in [0.3, 0.4) is 0 Å². The normalized spacial score (nSPS) is 10.6. The van der Waals surface area contributed by atoms with E-state index in [4.69, 9.17) is 9.47 Å².